The smallest absolute Gasteiger partial charge is 0.240 e. The van der Waals surface area contributed by atoms with Crippen molar-refractivity contribution in [2.75, 3.05) is 14.2 Å². The highest BCUT2D eigenvalue weighted by molar-refractivity contribution is 5.77. The van der Waals surface area contributed by atoms with Gasteiger partial charge in [-0.05, 0) is 35.4 Å². The maximum atomic E-state index is 12.6. The van der Waals surface area contributed by atoms with E-state index in [1.54, 1.807) is 14.2 Å². The molecule has 142 valence electrons. The number of nitriles is 1. The van der Waals surface area contributed by atoms with Crippen molar-refractivity contribution in [2.45, 2.75) is 12.6 Å². The second-order valence-electron chi connectivity index (χ2n) is 5.94. The van der Waals surface area contributed by atoms with Gasteiger partial charge in [-0.15, -0.1) is 10.2 Å². The summed E-state index contributed by atoms with van der Waals surface area (Å²) in [6.45, 7) is -0.0568. The number of carbonyl (C=O) groups is 1. The Morgan fingerprint density at radius 2 is 1.61 bits per heavy atom. The van der Waals surface area contributed by atoms with Crippen LogP contribution in [0.1, 0.15) is 23.0 Å². The molecule has 0 fully saturated rings. The minimum atomic E-state index is -0.383. The van der Waals surface area contributed by atoms with Gasteiger partial charge in [0.15, 0.2) is 0 Å². The molecule has 1 aromatic heterocycles. The fraction of sp³-hybridized carbons (Fsp3) is 0.200. The minimum Gasteiger partial charge on any atom is -0.497 e. The molecule has 0 aliphatic heterocycles. The van der Waals surface area contributed by atoms with Crippen molar-refractivity contribution in [3.05, 3.63) is 71.8 Å². The number of nitrogens with zero attached hydrogens (tertiary/aromatic N) is 4. The van der Waals surface area contributed by atoms with E-state index < -0.39 is 0 Å². The fourth-order valence-electron chi connectivity index (χ4n) is 2.77. The molecule has 0 saturated heterocycles. The largest absolute Gasteiger partial charge is 0.497 e. The standard InChI is InChI=1S/C20H19N5O3/c1-27-16-7-3-14(4-8-16)20(15-5-9-17(28-2)10-6-15)23-19(26)12-25-13-22-24-18(25)11-21/h3-10,13,20H,12H2,1-2H3,(H,23,26). The molecule has 0 radical (unpaired) electrons. The van der Waals surface area contributed by atoms with Crippen LogP contribution in [-0.4, -0.2) is 34.9 Å². The van der Waals surface area contributed by atoms with Crippen LogP contribution in [0.2, 0.25) is 0 Å². The van der Waals surface area contributed by atoms with E-state index in [0.29, 0.717) is 0 Å². The Kier molecular flexibility index (Phi) is 5.87. The van der Waals surface area contributed by atoms with Gasteiger partial charge in [0.25, 0.3) is 0 Å². The van der Waals surface area contributed by atoms with E-state index in [1.807, 2.05) is 54.6 Å². The van der Waals surface area contributed by atoms with E-state index in [4.69, 9.17) is 14.7 Å². The van der Waals surface area contributed by atoms with Crippen molar-refractivity contribution >= 4 is 5.91 Å². The highest BCUT2D eigenvalue weighted by atomic mass is 16.5. The third-order valence-corrected chi connectivity index (χ3v) is 4.23. The molecule has 0 atom stereocenters. The van der Waals surface area contributed by atoms with Gasteiger partial charge in [0, 0.05) is 0 Å². The van der Waals surface area contributed by atoms with E-state index in [1.165, 1.54) is 10.9 Å². The molecular weight excluding hydrogens is 358 g/mol. The van der Waals surface area contributed by atoms with E-state index in [2.05, 4.69) is 15.5 Å². The normalized spacial score (nSPS) is 10.4. The summed E-state index contributed by atoms with van der Waals surface area (Å²) < 4.78 is 11.8. The summed E-state index contributed by atoms with van der Waals surface area (Å²) in [6.07, 6.45) is 1.36. The van der Waals surface area contributed by atoms with Crippen molar-refractivity contribution in [2.24, 2.45) is 0 Å². The van der Waals surface area contributed by atoms with Crippen LogP contribution >= 0.6 is 0 Å². The average molecular weight is 377 g/mol. The van der Waals surface area contributed by atoms with Gasteiger partial charge in [0.05, 0.1) is 20.3 Å². The predicted molar refractivity (Wildman–Crippen MR) is 101 cm³/mol. The van der Waals surface area contributed by atoms with Crippen molar-refractivity contribution in [1.82, 2.24) is 20.1 Å². The summed E-state index contributed by atoms with van der Waals surface area (Å²) in [7, 11) is 3.20. The molecule has 1 amide bonds. The van der Waals surface area contributed by atoms with Crippen molar-refractivity contribution < 1.29 is 14.3 Å². The summed E-state index contributed by atoms with van der Waals surface area (Å²) >= 11 is 0. The number of benzene rings is 2. The Labute approximate surface area is 162 Å². The molecular formula is C20H19N5O3. The number of methoxy groups -OCH3 is 2. The van der Waals surface area contributed by atoms with Crippen LogP contribution in [0.3, 0.4) is 0 Å². The molecule has 8 nitrogen and oxygen atoms in total. The van der Waals surface area contributed by atoms with Gasteiger partial charge in [0.1, 0.15) is 30.4 Å². The molecule has 2 aromatic carbocycles. The molecule has 0 spiro atoms. The molecule has 8 heteroatoms. The van der Waals surface area contributed by atoms with Gasteiger partial charge in [0.2, 0.25) is 11.7 Å². The Hall–Kier alpha value is -3.86. The monoisotopic (exact) mass is 377 g/mol. The molecule has 1 N–H and O–H groups in total. The van der Waals surface area contributed by atoms with Crippen LogP contribution in [0.5, 0.6) is 11.5 Å². The zero-order valence-corrected chi connectivity index (χ0v) is 15.5. The quantitative estimate of drug-likeness (QED) is 0.676. The Morgan fingerprint density at radius 3 is 2.07 bits per heavy atom. The summed E-state index contributed by atoms with van der Waals surface area (Å²) in [5.41, 5.74) is 1.78. The second-order valence-corrected chi connectivity index (χ2v) is 5.94. The van der Waals surface area contributed by atoms with Crippen LogP contribution in [-0.2, 0) is 11.3 Å². The lowest BCUT2D eigenvalue weighted by Gasteiger charge is -2.20. The third kappa shape index (κ3) is 4.27. The first-order valence-corrected chi connectivity index (χ1v) is 8.49. The first-order valence-electron chi connectivity index (χ1n) is 8.49. The number of hydrogen-bond donors (Lipinski definition) is 1. The van der Waals surface area contributed by atoms with Crippen molar-refractivity contribution in [3.8, 4) is 17.6 Å². The van der Waals surface area contributed by atoms with Crippen LogP contribution in [0.4, 0.5) is 0 Å². The Balaban J connectivity index is 1.86. The van der Waals surface area contributed by atoms with Gasteiger partial charge >= 0.3 is 0 Å². The van der Waals surface area contributed by atoms with E-state index in [-0.39, 0.29) is 24.3 Å². The lowest BCUT2D eigenvalue weighted by Crippen LogP contribution is -2.32. The number of carbonyl (C=O) groups excluding carboxylic acids is 1. The first kappa shape index (κ1) is 18.9. The molecule has 0 aliphatic carbocycles. The van der Waals surface area contributed by atoms with Crippen LogP contribution in [0, 0.1) is 11.3 Å². The summed E-state index contributed by atoms with van der Waals surface area (Å²) in [4.78, 5) is 12.6. The number of ether oxygens (including phenoxy) is 2. The fourth-order valence-corrected chi connectivity index (χ4v) is 2.77. The molecule has 0 aliphatic rings. The number of nitrogens with one attached hydrogen (secondary N) is 1. The molecule has 1 heterocycles. The second kappa shape index (κ2) is 8.68. The molecule has 0 saturated carbocycles. The van der Waals surface area contributed by atoms with Gasteiger partial charge in [-0.1, -0.05) is 24.3 Å². The first-order chi connectivity index (χ1) is 13.6. The average Bonchev–Trinajstić information content (AvgIpc) is 3.19. The topological polar surface area (TPSA) is 102 Å². The summed E-state index contributed by atoms with van der Waals surface area (Å²) in [5, 5.41) is 19.4. The lowest BCUT2D eigenvalue weighted by molar-refractivity contribution is -0.122. The van der Waals surface area contributed by atoms with Crippen molar-refractivity contribution in [1.29, 1.82) is 5.26 Å². The number of amides is 1. The summed E-state index contributed by atoms with van der Waals surface area (Å²) in [5.74, 6) is 1.27. The van der Waals surface area contributed by atoms with Gasteiger partial charge in [-0.2, -0.15) is 5.26 Å². The van der Waals surface area contributed by atoms with Gasteiger partial charge in [-0.25, -0.2) is 0 Å². The highest BCUT2D eigenvalue weighted by Crippen LogP contribution is 2.26. The zero-order valence-electron chi connectivity index (χ0n) is 15.5. The highest BCUT2D eigenvalue weighted by Gasteiger charge is 2.18. The van der Waals surface area contributed by atoms with Crippen LogP contribution < -0.4 is 14.8 Å². The molecule has 3 rings (SSSR count). The Morgan fingerprint density at radius 1 is 1.07 bits per heavy atom. The van der Waals surface area contributed by atoms with E-state index in [0.717, 1.165) is 22.6 Å². The van der Waals surface area contributed by atoms with Gasteiger partial charge < -0.3 is 14.8 Å². The number of rotatable bonds is 7. The minimum absolute atomic E-state index is 0.0568. The maximum absolute atomic E-state index is 12.6. The molecule has 3 aromatic rings. The SMILES string of the molecule is COc1ccc(C(NC(=O)Cn2cnnc2C#N)c2ccc(OC)cc2)cc1. The van der Waals surface area contributed by atoms with Crippen LogP contribution in [0.25, 0.3) is 0 Å². The van der Waals surface area contributed by atoms with Crippen molar-refractivity contribution in [3.63, 3.8) is 0 Å². The zero-order chi connectivity index (χ0) is 19.9. The number of hydrogen-bond acceptors (Lipinski definition) is 6. The molecule has 28 heavy (non-hydrogen) atoms. The molecule has 0 bridgehead atoms. The third-order valence-electron chi connectivity index (χ3n) is 4.23. The van der Waals surface area contributed by atoms with E-state index >= 15 is 0 Å². The van der Waals surface area contributed by atoms with Crippen LogP contribution in [0.15, 0.2) is 54.9 Å². The van der Waals surface area contributed by atoms with E-state index in [9.17, 15) is 4.79 Å². The van der Waals surface area contributed by atoms with Gasteiger partial charge in [-0.3, -0.25) is 9.36 Å². The lowest BCUT2D eigenvalue weighted by atomic mass is 9.98. The predicted octanol–water partition coefficient (Wildman–Crippen LogP) is 2.07. The molecule has 0 unspecified atom stereocenters. The summed E-state index contributed by atoms with van der Waals surface area (Å²) in [6, 6.07) is 16.5. The maximum Gasteiger partial charge on any atom is 0.240 e. The number of aromatic nitrogens is 3. The Bertz CT molecular complexity index is 927.